The van der Waals surface area contributed by atoms with Crippen LogP contribution in [0, 0.1) is 0 Å². The molecule has 0 aliphatic carbocycles. The molecule has 2 aromatic rings. The lowest BCUT2D eigenvalue weighted by molar-refractivity contribution is 0.171. The summed E-state index contributed by atoms with van der Waals surface area (Å²) in [6.07, 6.45) is 0. The SMILES string of the molecule is CCN(Cc1ccc(Cl)cc1)S(=O)(=O)c1ccc2c(c1)OCCO2. The molecule has 0 fully saturated rings. The fourth-order valence-corrected chi connectivity index (χ4v) is 4.07. The largest absolute Gasteiger partial charge is 0.486 e. The zero-order valence-electron chi connectivity index (χ0n) is 13.2. The second-order valence-electron chi connectivity index (χ2n) is 5.36. The molecule has 2 aromatic carbocycles. The molecule has 1 aliphatic rings. The molecule has 0 bridgehead atoms. The molecule has 24 heavy (non-hydrogen) atoms. The number of ether oxygens (including phenoxy) is 2. The van der Waals surface area contributed by atoms with Gasteiger partial charge in [0.15, 0.2) is 11.5 Å². The van der Waals surface area contributed by atoms with E-state index in [1.165, 1.54) is 10.4 Å². The van der Waals surface area contributed by atoms with Crippen LogP contribution in [0.2, 0.25) is 5.02 Å². The monoisotopic (exact) mass is 367 g/mol. The molecule has 1 heterocycles. The predicted molar refractivity (Wildman–Crippen MR) is 92.2 cm³/mol. The Hall–Kier alpha value is -1.76. The molecule has 0 N–H and O–H groups in total. The van der Waals surface area contributed by atoms with Crippen molar-refractivity contribution in [3.63, 3.8) is 0 Å². The van der Waals surface area contributed by atoms with E-state index >= 15 is 0 Å². The van der Waals surface area contributed by atoms with E-state index < -0.39 is 10.0 Å². The van der Waals surface area contributed by atoms with Crippen molar-refractivity contribution in [1.82, 2.24) is 4.31 Å². The fourth-order valence-electron chi connectivity index (χ4n) is 2.49. The molecule has 0 unspecified atom stereocenters. The summed E-state index contributed by atoms with van der Waals surface area (Å²) in [5.74, 6) is 1.03. The molecular weight excluding hydrogens is 350 g/mol. The molecule has 5 nitrogen and oxygen atoms in total. The van der Waals surface area contributed by atoms with Crippen molar-refractivity contribution < 1.29 is 17.9 Å². The highest BCUT2D eigenvalue weighted by Gasteiger charge is 2.25. The van der Waals surface area contributed by atoms with Crippen molar-refractivity contribution in [2.75, 3.05) is 19.8 Å². The Bertz CT molecular complexity index is 821. The molecule has 3 rings (SSSR count). The van der Waals surface area contributed by atoms with Crippen LogP contribution in [0.1, 0.15) is 12.5 Å². The first-order valence-corrected chi connectivity index (χ1v) is 9.47. The fraction of sp³-hybridized carbons (Fsp3) is 0.294. The lowest BCUT2D eigenvalue weighted by Gasteiger charge is -2.23. The van der Waals surface area contributed by atoms with Crippen LogP contribution in [0.15, 0.2) is 47.4 Å². The molecule has 0 saturated heterocycles. The molecule has 0 saturated carbocycles. The third-order valence-corrected chi connectivity index (χ3v) is 5.95. The van der Waals surface area contributed by atoms with Gasteiger partial charge in [-0.2, -0.15) is 4.31 Å². The van der Waals surface area contributed by atoms with Crippen molar-refractivity contribution in [3.8, 4) is 11.5 Å². The predicted octanol–water partition coefficient (Wildman–Crippen LogP) is 3.32. The van der Waals surface area contributed by atoms with Gasteiger partial charge >= 0.3 is 0 Å². The van der Waals surface area contributed by atoms with Crippen LogP contribution in [0.3, 0.4) is 0 Å². The summed E-state index contributed by atoms with van der Waals surface area (Å²) < 4.78 is 38.2. The van der Waals surface area contributed by atoms with Crippen LogP contribution in [-0.4, -0.2) is 32.5 Å². The van der Waals surface area contributed by atoms with Gasteiger partial charge in [0.25, 0.3) is 0 Å². The van der Waals surface area contributed by atoms with E-state index in [0.717, 1.165) is 5.56 Å². The van der Waals surface area contributed by atoms with Crippen molar-refractivity contribution >= 4 is 21.6 Å². The van der Waals surface area contributed by atoms with E-state index in [0.29, 0.717) is 36.3 Å². The lowest BCUT2D eigenvalue weighted by atomic mass is 10.2. The summed E-state index contributed by atoms with van der Waals surface area (Å²) in [6, 6.07) is 11.9. The highest BCUT2D eigenvalue weighted by Crippen LogP contribution is 2.33. The Morgan fingerprint density at radius 1 is 1.04 bits per heavy atom. The molecule has 1 aliphatic heterocycles. The molecule has 0 radical (unpaired) electrons. The number of sulfonamides is 1. The zero-order valence-corrected chi connectivity index (χ0v) is 14.8. The van der Waals surface area contributed by atoms with Gasteiger partial charge in [-0.15, -0.1) is 0 Å². The minimum atomic E-state index is -3.63. The second-order valence-corrected chi connectivity index (χ2v) is 7.74. The molecule has 7 heteroatoms. The van der Waals surface area contributed by atoms with E-state index in [4.69, 9.17) is 21.1 Å². The average Bonchev–Trinajstić information content (AvgIpc) is 2.60. The summed E-state index contributed by atoms with van der Waals surface area (Å²) in [5.41, 5.74) is 0.877. The van der Waals surface area contributed by atoms with Gasteiger partial charge in [-0.1, -0.05) is 30.7 Å². The Balaban J connectivity index is 1.88. The number of benzene rings is 2. The first-order chi connectivity index (χ1) is 11.5. The van der Waals surface area contributed by atoms with Crippen LogP contribution in [0.4, 0.5) is 0 Å². The van der Waals surface area contributed by atoms with E-state index in [1.807, 2.05) is 19.1 Å². The summed E-state index contributed by atoms with van der Waals surface area (Å²) in [7, 11) is -3.63. The molecule has 0 spiro atoms. The molecule has 0 aromatic heterocycles. The summed E-state index contributed by atoms with van der Waals surface area (Å²) in [5, 5.41) is 0.622. The third-order valence-electron chi connectivity index (χ3n) is 3.78. The van der Waals surface area contributed by atoms with Gasteiger partial charge in [-0.05, 0) is 29.8 Å². The first kappa shape index (κ1) is 17.1. The van der Waals surface area contributed by atoms with E-state index in [2.05, 4.69) is 0 Å². The van der Waals surface area contributed by atoms with E-state index in [1.54, 1.807) is 24.3 Å². The normalized spacial score (nSPS) is 14.0. The maximum Gasteiger partial charge on any atom is 0.243 e. The van der Waals surface area contributed by atoms with Crippen molar-refractivity contribution in [1.29, 1.82) is 0 Å². The Morgan fingerprint density at radius 2 is 1.71 bits per heavy atom. The van der Waals surface area contributed by atoms with Gasteiger partial charge in [-0.3, -0.25) is 0 Å². The minimum Gasteiger partial charge on any atom is -0.486 e. The van der Waals surface area contributed by atoms with Crippen LogP contribution in [-0.2, 0) is 16.6 Å². The number of hydrogen-bond acceptors (Lipinski definition) is 4. The van der Waals surface area contributed by atoms with Crippen LogP contribution >= 0.6 is 11.6 Å². The summed E-state index contributed by atoms with van der Waals surface area (Å²) in [6.45, 7) is 3.34. The number of nitrogens with zero attached hydrogens (tertiary/aromatic N) is 1. The smallest absolute Gasteiger partial charge is 0.243 e. The average molecular weight is 368 g/mol. The van der Waals surface area contributed by atoms with Crippen molar-refractivity contribution in [3.05, 3.63) is 53.1 Å². The van der Waals surface area contributed by atoms with Crippen molar-refractivity contribution in [2.24, 2.45) is 0 Å². The van der Waals surface area contributed by atoms with Gasteiger partial charge in [0.05, 0.1) is 4.90 Å². The number of halogens is 1. The molecule has 0 atom stereocenters. The standard InChI is InChI=1S/C17H18ClNO4S/c1-2-19(12-13-3-5-14(18)6-4-13)24(20,21)15-7-8-16-17(11-15)23-10-9-22-16/h3-8,11H,2,9-10,12H2,1H3. The number of rotatable bonds is 5. The van der Waals surface area contributed by atoms with Crippen LogP contribution < -0.4 is 9.47 Å². The summed E-state index contributed by atoms with van der Waals surface area (Å²) >= 11 is 5.88. The molecule has 128 valence electrons. The molecule has 0 amide bonds. The van der Waals surface area contributed by atoms with Gasteiger partial charge in [0, 0.05) is 24.2 Å². The quantitative estimate of drug-likeness (QED) is 0.813. The minimum absolute atomic E-state index is 0.197. The van der Waals surface area contributed by atoms with E-state index in [-0.39, 0.29) is 11.4 Å². The maximum atomic E-state index is 12.9. The van der Waals surface area contributed by atoms with Crippen molar-refractivity contribution in [2.45, 2.75) is 18.4 Å². The van der Waals surface area contributed by atoms with Gasteiger partial charge in [0.1, 0.15) is 13.2 Å². The Labute approximate surface area is 146 Å². The highest BCUT2D eigenvalue weighted by molar-refractivity contribution is 7.89. The molecular formula is C17H18ClNO4S. The Morgan fingerprint density at radius 3 is 2.38 bits per heavy atom. The van der Waals surface area contributed by atoms with E-state index in [9.17, 15) is 8.42 Å². The second kappa shape index (κ2) is 7.01. The van der Waals surface area contributed by atoms with Crippen LogP contribution in [0.25, 0.3) is 0 Å². The van der Waals surface area contributed by atoms with Gasteiger partial charge in [0.2, 0.25) is 10.0 Å². The number of hydrogen-bond donors (Lipinski definition) is 0. The maximum absolute atomic E-state index is 12.9. The number of fused-ring (bicyclic) bond motifs is 1. The lowest BCUT2D eigenvalue weighted by Crippen LogP contribution is -2.30. The first-order valence-electron chi connectivity index (χ1n) is 7.65. The third kappa shape index (κ3) is 3.50. The topological polar surface area (TPSA) is 55.8 Å². The Kier molecular flexibility index (Phi) is 4.99. The summed E-state index contributed by atoms with van der Waals surface area (Å²) in [4.78, 5) is 0.197. The van der Waals surface area contributed by atoms with Crippen LogP contribution in [0.5, 0.6) is 11.5 Å². The van der Waals surface area contributed by atoms with Gasteiger partial charge in [-0.25, -0.2) is 8.42 Å². The van der Waals surface area contributed by atoms with Gasteiger partial charge < -0.3 is 9.47 Å². The zero-order chi connectivity index (χ0) is 17.2. The highest BCUT2D eigenvalue weighted by atomic mass is 35.5.